The van der Waals surface area contributed by atoms with Crippen LogP contribution in [0.1, 0.15) is 55.5 Å². The van der Waals surface area contributed by atoms with Gasteiger partial charge in [0.1, 0.15) is 17.3 Å². The van der Waals surface area contributed by atoms with Crippen LogP contribution in [0, 0.1) is 20.8 Å². The van der Waals surface area contributed by atoms with Gasteiger partial charge in [0.25, 0.3) is 0 Å². The molecule has 0 amide bonds. The fraction of sp³-hybridized carbons (Fsp3) is 0.220. The maximum absolute atomic E-state index is 6.68. The molecule has 0 spiro atoms. The lowest BCUT2D eigenvalue weighted by atomic mass is 9.86. The Hall–Kier alpha value is -5.16. The number of rotatable bonds is 6. The Morgan fingerprint density at radius 2 is 1.52 bits per heavy atom. The molecule has 7 rings (SSSR count). The van der Waals surface area contributed by atoms with Crippen LogP contribution in [0.5, 0.6) is 11.5 Å². The molecule has 4 aromatic carbocycles. The fourth-order valence-electron chi connectivity index (χ4n) is 6.64. The molecular weight excluding hydrogens is 564 g/mol. The largest absolute Gasteiger partial charge is 0.457 e. The summed E-state index contributed by atoms with van der Waals surface area (Å²) in [5.74, 6) is 2.45. The van der Waals surface area contributed by atoms with E-state index < -0.39 is 0 Å². The van der Waals surface area contributed by atoms with Crippen LogP contribution >= 0.6 is 0 Å². The van der Waals surface area contributed by atoms with Crippen molar-refractivity contribution < 1.29 is 4.74 Å². The number of pyridine rings is 1. The summed E-state index contributed by atoms with van der Waals surface area (Å²) in [4.78, 5) is 4.78. The summed E-state index contributed by atoms with van der Waals surface area (Å²) >= 11 is 0. The maximum atomic E-state index is 6.68. The third-order valence-electron chi connectivity index (χ3n) is 8.90. The van der Waals surface area contributed by atoms with Crippen LogP contribution in [0.3, 0.4) is 0 Å². The van der Waals surface area contributed by atoms with E-state index in [4.69, 9.17) is 14.8 Å². The molecule has 0 N–H and O–H groups in total. The first-order valence-corrected chi connectivity index (χ1v) is 16.0. The van der Waals surface area contributed by atoms with Gasteiger partial charge >= 0.3 is 0 Å². The van der Waals surface area contributed by atoms with Crippen LogP contribution in [0.4, 0.5) is 0 Å². The Bertz CT molecular complexity index is 2220. The number of para-hydroxylation sites is 1. The second kappa shape index (κ2) is 11.3. The molecule has 0 atom stereocenters. The predicted octanol–water partition coefficient (Wildman–Crippen LogP) is 10.6. The predicted molar refractivity (Wildman–Crippen MR) is 190 cm³/mol. The molecule has 0 aliphatic rings. The van der Waals surface area contributed by atoms with Crippen molar-refractivity contribution in [1.29, 1.82) is 0 Å². The minimum atomic E-state index is -0.0828. The Morgan fingerprint density at radius 3 is 2.28 bits per heavy atom. The first-order chi connectivity index (χ1) is 22.1. The molecule has 0 radical (unpaired) electrons. The maximum Gasteiger partial charge on any atom is 0.137 e. The second-order valence-electron chi connectivity index (χ2n) is 13.4. The van der Waals surface area contributed by atoms with Crippen LogP contribution in [-0.4, -0.2) is 19.3 Å². The smallest absolute Gasteiger partial charge is 0.137 e. The highest BCUT2D eigenvalue weighted by Crippen LogP contribution is 2.37. The minimum Gasteiger partial charge on any atom is -0.457 e. The van der Waals surface area contributed by atoms with Crippen molar-refractivity contribution in [3.8, 4) is 34.1 Å². The van der Waals surface area contributed by atoms with Gasteiger partial charge in [0, 0.05) is 40.9 Å². The topological polar surface area (TPSA) is 44.9 Å². The van der Waals surface area contributed by atoms with Crippen LogP contribution < -0.4 is 4.74 Å². The number of nitrogens with zero attached hydrogens (tertiary/aromatic N) is 4. The lowest BCUT2D eigenvalue weighted by molar-refractivity contribution is 0.478. The molecule has 5 nitrogen and oxygen atoms in total. The zero-order valence-corrected chi connectivity index (χ0v) is 27.7. The third kappa shape index (κ3) is 5.36. The molecule has 0 unspecified atom stereocenters. The van der Waals surface area contributed by atoms with E-state index in [-0.39, 0.29) is 5.41 Å². The van der Waals surface area contributed by atoms with Crippen molar-refractivity contribution in [2.75, 3.05) is 0 Å². The summed E-state index contributed by atoms with van der Waals surface area (Å²) in [5, 5.41) is 7.18. The van der Waals surface area contributed by atoms with Gasteiger partial charge in [-0.1, -0.05) is 63.6 Å². The lowest BCUT2D eigenvalue weighted by Gasteiger charge is -2.21. The summed E-state index contributed by atoms with van der Waals surface area (Å²) in [6, 6.07) is 30.0. The lowest BCUT2D eigenvalue weighted by Crippen LogP contribution is -2.12. The van der Waals surface area contributed by atoms with Gasteiger partial charge in [-0.15, -0.1) is 0 Å². The quantitative estimate of drug-likeness (QED) is 0.190. The summed E-state index contributed by atoms with van der Waals surface area (Å²) in [7, 11) is 0. The van der Waals surface area contributed by atoms with E-state index in [0.717, 1.165) is 46.0 Å². The Labute approximate surface area is 271 Å². The van der Waals surface area contributed by atoms with Crippen molar-refractivity contribution in [3.05, 3.63) is 131 Å². The second-order valence-corrected chi connectivity index (χ2v) is 13.4. The SMILES string of the molecule is CCc1ccnc(-n2c3ccccc3c3ccc(Oc4cc(-n5cc(-c6c(C)cc(C)cc6C)cn5)cc(C(C)(C)C)c4)cc32)c1. The van der Waals surface area contributed by atoms with Gasteiger partial charge in [0.15, 0.2) is 0 Å². The Balaban J connectivity index is 1.32. The first kappa shape index (κ1) is 29.5. The van der Waals surface area contributed by atoms with Crippen molar-refractivity contribution in [2.24, 2.45) is 0 Å². The molecule has 7 aromatic rings. The van der Waals surface area contributed by atoms with Gasteiger partial charge in [-0.25, -0.2) is 9.67 Å². The van der Waals surface area contributed by atoms with Gasteiger partial charge in [-0.05, 0) is 103 Å². The van der Waals surface area contributed by atoms with Crippen LogP contribution in [0.15, 0.2) is 104 Å². The molecule has 3 heterocycles. The molecule has 5 heteroatoms. The van der Waals surface area contributed by atoms with Gasteiger partial charge < -0.3 is 4.74 Å². The van der Waals surface area contributed by atoms with Crippen molar-refractivity contribution >= 4 is 21.8 Å². The molecule has 3 aromatic heterocycles. The average molecular weight is 605 g/mol. The van der Waals surface area contributed by atoms with Gasteiger partial charge in [0.2, 0.25) is 0 Å². The van der Waals surface area contributed by atoms with E-state index in [9.17, 15) is 0 Å². The fourth-order valence-corrected chi connectivity index (χ4v) is 6.64. The molecule has 230 valence electrons. The number of fused-ring (bicyclic) bond motifs is 3. The Morgan fingerprint density at radius 1 is 0.761 bits per heavy atom. The zero-order valence-electron chi connectivity index (χ0n) is 27.7. The van der Waals surface area contributed by atoms with E-state index in [1.807, 2.05) is 17.1 Å². The zero-order chi connectivity index (χ0) is 32.2. The molecule has 0 fully saturated rings. The van der Waals surface area contributed by atoms with Crippen molar-refractivity contribution in [1.82, 2.24) is 19.3 Å². The highest BCUT2D eigenvalue weighted by atomic mass is 16.5. The van der Waals surface area contributed by atoms with Crippen LogP contribution in [0.25, 0.3) is 44.4 Å². The highest BCUT2D eigenvalue weighted by Gasteiger charge is 2.19. The van der Waals surface area contributed by atoms with E-state index >= 15 is 0 Å². The van der Waals surface area contributed by atoms with E-state index in [1.54, 1.807) is 0 Å². The van der Waals surface area contributed by atoms with E-state index in [1.165, 1.54) is 44.2 Å². The number of hydrogen-bond acceptors (Lipinski definition) is 3. The normalized spacial score (nSPS) is 11.9. The number of ether oxygens (including phenoxy) is 1. The molecule has 0 saturated carbocycles. The summed E-state index contributed by atoms with van der Waals surface area (Å²) < 4.78 is 10.9. The van der Waals surface area contributed by atoms with E-state index in [2.05, 4.69) is 144 Å². The monoisotopic (exact) mass is 604 g/mol. The number of aryl methyl sites for hydroxylation is 4. The Kier molecular flexibility index (Phi) is 7.28. The molecular formula is C41H40N4O. The number of hydrogen-bond donors (Lipinski definition) is 0. The van der Waals surface area contributed by atoms with E-state index in [0.29, 0.717) is 0 Å². The number of benzene rings is 4. The van der Waals surface area contributed by atoms with Gasteiger partial charge in [-0.3, -0.25) is 4.57 Å². The van der Waals surface area contributed by atoms with Crippen LogP contribution in [-0.2, 0) is 11.8 Å². The standard InChI is InChI=1S/C41H40N4O/c1-8-29-15-16-42-39(19-29)45-37-12-10-9-11-35(37)36-14-13-33(23-38(36)45)46-34-21-31(41(5,6)7)20-32(22-34)44-25-30(24-43-44)40-27(3)17-26(2)18-28(40)4/h9-25H,8H2,1-7H3. The van der Waals surface area contributed by atoms with Crippen molar-refractivity contribution in [3.63, 3.8) is 0 Å². The van der Waals surface area contributed by atoms with Gasteiger partial charge in [0.05, 0.1) is 22.9 Å². The summed E-state index contributed by atoms with van der Waals surface area (Å²) in [6.45, 7) is 15.3. The molecule has 46 heavy (non-hydrogen) atoms. The van der Waals surface area contributed by atoms with Crippen LogP contribution in [0.2, 0.25) is 0 Å². The summed E-state index contributed by atoms with van der Waals surface area (Å²) in [6.07, 6.45) is 6.94. The average Bonchev–Trinajstić information content (AvgIpc) is 3.63. The summed E-state index contributed by atoms with van der Waals surface area (Å²) in [5.41, 5.74) is 11.6. The third-order valence-corrected chi connectivity index (χ3v) is 8.90. The molecule has 0 aliphatic heterocycles. The van der Waals surface area contributed by atoms with Gasteiger partial charge in [-0.2, -0.15) is 5.10 Å². The number of aromatic nitrogens is 4. The minimum absolute atomic E-state index is 0.0828. The molecule has 0 saturated heterocycles. The first-order valence-electron chi connectivity index (χ1n) is 16.0. The molecule has 0 aliphatic carbocycles. The highest BCUT2D eigenvalue weighted by molar-refractivity contribution is 6.09. The van der Waals surface area contributed by atoms with Crippen molar-refractivity contribution in [2.45, 2.75) is 60.3 Å². The molecule has 0 bridgehead atoms.